The normalized spacial score (nSPS) is 15.8. The highest BCUT2D eigenvalue weighted by atomic mass is 35.5. The van der Waals surface area contributed by atoms with Crippen molar-refractivity contribution < 1.29 is 19.1 Å². The van der Waals surface area contributed by atoms with Crippen molar-refractivity contribution in [2.45, 2.75) is 32.7 Å². The molecule has 0 unspecified atom stereocenters. The van der Waals surface area contributed by atoms with Crippen LogP contribution in [-0.4, -0.2) is 29.0 Å². The zero-order chi connectivity index (χ0) is 25.8. The maximum atomic E-state index is 13.2. The van der Waals surface area contributed by atoms with E-state index in [1.165, 1.54) is 6.08 Å². The second kappa shape index (κ2) is 11.0. The Bertz CT molecular complexity index is 1330. The summed E-state index contributed by atoms with van der Waals surface area (Å²) in [7, 11) is 0. The van der Waals surface area contributed by atoms with E-state index in [0.717, 1.165) is 16.9 Å². The standard InChI is InChI=1S/C27H25Cl2N3O4/c1-3-17(2)18-6-9-20(10-7-18)32-26(34)22(25(33)30-27(32)35)16-21-5-4-12-31(21)13-14-36-24-11-8-19(28)15-23(24)29/h4-12,15-17H,3,13-14H2,1-2H3,(H,30,33,35)/b22-16-/t17-/m0/s1. The summed E-state index contributed by atoms with van der Waals surface area (Å²) in [5.41, 5.74) is 1.98. The number of ether oxygens (including phenoxy) is 1. The van der Waals surface area contributed by atoms with E-state index < -0.39 is 17.8 Å². The van der Waals surface area contributed by atoms with Crippen LogP contribution in [0.4, 0.5) is 10.5 Å². The fraction of sp³-hybridized carbons (Fsp3) is 0.222. The number of hydrogen-bond acceptors (Lipinski definition) is 4. The van der Waals surface area contributed by atoms with Crippen LogP contribution >= 0.6 is 23.2 Å². The molecule has 1 saturated heterocycles. The molecule has 0 bridgehead atoms. The van der Waals surface area contributed by atoms with Gasteiger partial charge in [0.15, 0.2) is 0 Å². The molecule has 2 aromatic carbocycles. The molecule has 1 aliphatic rings. The second-order valence-corrected chi connectivity index (χ2v) is 9.25. The van der Waals surface area contributed by atoms with Crippen molar-refractivity contribution in [2.24, 2.45) is 0 Å². The van der Waals surface area contributed by atoms with Crippen LogP contribution in [0, 0.1) is 0 Å². The van der Waals surface area contributed by atoms with Gasteiger partial charge in [-0.05, 0) is 66.4 Å². The number of imide groups is 2. The lowest BCUT2D eigenvalue weighted by Crippen LogP contribution is -2.54. The van der Waals surface area contributed by atoms with Gasteiger partial charge in [0.25, 0.3) is 11.8 Å². The van der Waals surface area contributed by atoms with Crippen molar-refractivity contribution in [3.05, 3.63) is 87.7 Å². The minimum atomic E-state index is -0.776. The first kappa shape index (κ1) is 25.5. The minimum Gasteiger partial charge on any atom is -0.490 e. The summed E-state index contributed by atoms with van der Waals surface area (Å²) in [5.74, 6) is -0.565. The van der Waals surface area contributed by atoms with Crippen LogP contribution in [0.2, 0.25) is 10.0 Å². The molecular weight excluding hydrogens is 501 g/mol. The first-order chi connectivity index (χ1) is 17.3. The van der Waals surface area contributed by atoms with Gasteiger partial charge < -0.3 is 9.30 Å². The number of nitrogens with one attached hydrogen (secondary N) is 1. The number of carbonyl (C=O) groups is 3. The van der Waals surface area contributed by atoms with Gasteiger partial charge in [0.1, 0.15) is 17.9 Å². The lowest BCUT2D eigenvalue weighted by atomic mass is 9.98. The Labute approximate surface area is 219 Å². The zero-order valence-corrected chi connectivity index (χ0v) is 21.3. The Morgan fingerprint density at radius 3 is 2.50 bits per heavy atom. The third-order valence-electron chi connectivity index (χ3n) is 6.07. The van der Waals surface area contributed by atoms with Gasteiger partial charge in [-0.1, -0.05) is 49.2 Å². The van der Waals surface area contributed by atoms with E-state index in [1.807, 2.05) is 16.7 Å². The molecule has 9 heteroatoms. The monoisotopic (exact) mass is 525 g/mol. The molecule has 0 aliphatic carbocycles. The Morgan fingerprint density at radius 1 is 1.06 bits per heavy atom. The van der Waals surface area contributed by atoms with E-state index in [9.17, 15) is 14.4 Å². The maximum absolute atomic E-state index is 13.2. The predicted octanol–water partition coefficient (Wildman–Crippen LogP) is 6.05. The summed E-state index contributed by atoms with van der Waals surface area (Å²) in [5, 5.41) is 3.18. The van der Waals surface area contributed by atoms with Gasteiger partial charge in [0.2, 0.25) is 0 Å². The third kappa shape index (κ3) is 5.48. The number of benzene rings is 2. The molecule has 4 amide bonds. The molecule has 2 heterocycles. The molecule has 0 spiro atoms. The average molecular weight is 526 g/mol. The lowest BCUT2D eigenvalue weighted by molar-refractivity contribution is -0.122. The Balaban J connectivity index is 1.52. The topological polar surface area (TPSA) is 80.6 Å². The quantitative estimate of drug-likeness (QED) is 0.286. The smallest absolute Gasteiger partial charge is 0.335 e. The first-order valence-electron chi connectivity index (χ1n) is 11.5. The van der Waals surface area contributed by atoms with E-state index in [1.54, 1.807) is 48.7 Å². The Kier molecular flexibility index (Phi) is 7.82. The molecule has 36 heavy (non-hydrogen) atoms. The zero-order valence-electron chi connectivity index (χ0n) is 19.8. The highest BCUT2D eigenvalue weighted by molar-refractivity contribution is 6.39. The summed E-state index contributed by atoms with van der Waals surface area (Å²) < 4.78 is 7.58. The fourth-order valence-electron chi connectivity index (χ4n) is 3.84. The molecule has 0 saturated carbocycles. The lowest BCUT2D eigenvalue weighted by Gasteiger charge is -2.26. The minimum absolute atomic E-state index is 0.137. The van der Waals surface area contributed by atoms with E-state index >= 15 is 0 Å². The van der Waals surface area contributed by atoms with Gasteiger partial charge >= 0.3 is 6.03 Å². The van der Waals surface area contributed by atoms with Crippen molar-refractivity contribution >= 4 is 52.8 Å². The number of halogens is 2. The molecule has 1 aliphatic heterocycles. The summed E-state index contributed by atoms with van der Waals surface area (Å²) in [6.45, 7) is 4.93. The van der Waals surface area contributed by atoms with Gasteiger partial charge in [-0.25, -0.2) is 9.69 Å². The summed E-state index contributed by atoms with van der Waals surface area (Å²) in [4.78, 5) is 39.3. The summed E-state index contributed by atoms with van der Waals surface area (Å²) in [6.07, 6.45) is 4.25. The molecule has 1 atom stereocenters. The van der Waals surface area contributed by atoms with Crippen LogP contribution in [0.25, 0.3) is 6.08 Å². The van der Waals surface area contributed by atoms with Gasteiger partial charge in [0, 0.05) is 16.9 Å². The molecule has 0 radical (unpaired) electrons. The number of aromatic nitrogens is 1. The van der Waals surface area contributed by atoms with Crippen LogP contribution in [0.15, 0.2) is 66.4 Å². The van der Waals surface area contributed by atoms with Crippen LogP contribution in [0.1, 0.15) is 37.4 Å². The number of anilines is 1. The summed E-state index contributed by atoms with van der Waals surface area (Å²) >= 11 is 12.1. The highest BCUT2D eigenvalue weighted by Gasteiger charge is 2.37. The maximum Gasteiger partial charge on any atom is 0.335 e. The second-order valence-electron chi connectivity index (χ2n) is 8.41. The molecule has 7 nitrogen and oxygen atoms in total. The largest absolute Gasteiger partial charge is 0.490 e. The van der Waals surface area contributed by atoms with Crippen molar-refractivity contribution in [1.29, 1.82) is 0 Å². The van der Waals surface area contributed by atoms with Gasteiger partial charge in [-0.15, -0.1) is 0 Å². The van der Waals surface area contributed by atoms with Crippen molar-refractivity contribution in [1.82, 2.24) is 9.88 Å². The molecule has 4 rings (SSSR count). The average Bonchev–Trinajstić information content (AvgIpc) is 3.30. The molecule has 186 valence electrons. The van der Waals surface area contributed by atoms with Crippen LogP contribution in [0.5, 0.6) is 5.75 Å². The number of amides is 4. The first-order valence-corrected chi connectivity index (χ1v) is 12.3. The number of rotatable bonds is 8. The number of nitrogens with zero attached hydrogens (tertiary/aromatic N) is 2. The fourth-order valence-corrected chi connectivity index (χ4v) is 4.30. The van der Waals surface area contributed by atoms with Crippen molar-refractivity contribution in [3.8, 4) is 5.75 Å². The van der Waals surface area contributed by atoms with E-state index in [2.05, 4.69) is 19.2 Å². The predicted molar refractivity (Wildman–Crippen MR) is 141 cm³/mol. The Morgan fingerprint density at radius 2 is 1.81 bits per heavy atom. The highest BCUT2D eigenvalue weighted by Crippen LogP contribution is 2.28. The van der Waals surface area contributed by atoms with Gasteiger partial charge in [-0.3, -0.25) is 14.9 Å². The number of hydrogen-bond donors (Lipinski definition) is 1. The van der Waals surface area contributed by atoms with Crippen LogP contribution in [0.3, 0.4) is 0 Å². The van der Waals surface area contributed by atoms with E-state index in [-0.39, 0.29) is 5.57 Å². The van der Waals surface area contributed by atoms with Crippen molar-refractivity contribution in [3.63, 3.8) is 0 Å². The van der Waals surface area contributed by atoms with Gasteiger partial charge in [-0.2, -0.15) is 0 Å². The van der Waals surface area contributed by atoms with Crippen LogP contribution < -0.4 is 15.0 Å². The number of urea groups is 1. The molecule has 1 N–H and O–H groups in total. The number of carbonyl (C=O) groups excluding carboxylic acids is 3. The molecular formula is C27H25Cl2N3O4. The molecule has 1 fully saturated rings. The van der Waals surface area contributed by atoms with Gasteiger partial charge in [0.05, 0.1) is 17.3 Å². The van der Waals surface area contributed by atoms with E-state index in [4.69, 9.17) is 27.9 Å². The Hall–Kier alpha value is -3.55. The van der Waals surface area contributed by atoms with E-state index in [0.29, 0.717) is 46.2 Å². The number of barbiturate groups is 1. The third-order valence-corrected chi connectivity index (χ3v) is 6.61. The summed E-state index contributed by atoms with van der Waals surface area (Å²) in [6, 6.07) is 15.0. The SMILES string of the molecule is CC[C@H](C)c1ccc(N2C(=O)NC(=O)/C(=C/c3cccn3CCOc3ccc(Cl)cc3Cl)C2=O)cc1. The van der Waals surface area contributed by atoms with Crippen LogP contribution in [-0.2, 0) is 16.1 Å². The van der Waals surface area contributed by atoms with Crippen molar-refractivity contribution in [2.75, 3.05) is 11.5 Å². The molecule has 3 aromatic rings. The molecule has 1 aromatic heterocycles.